The third-order valence-corrected chi connectivity index (χ3v) is 8.83. The first-order valence-electron chi connectivity index (χ1n) is 15.4. The molecule has 0 radical (unpaired) electrons. The average molecular weight is 628 g/mol. The number of hydrogen-bond donors (Lipinski definition) is 1. The van der Waals surface area contributed by atoms with Gasteiger partial charge in [-0.15, -0.1) is 0 Å². The van der Waals surface area contributed by atoms with Crippen molar-refractivity contribution >= 4 is 40.1 Å². The molecule has 232 valence electrons. The Labute approximate surface area is 266 Å². The molecule has 1 atom stereocenters. The van der Waals surface area contributed by atoms with Gasteiger partial charge in [-0.25, -0.2) is 4.39 Å². The van der Waals surface area contributed by atoms with Gasteiger partial charge in [-0.1, -0.05) is 59.6 Å². The quantitative estimate of drug-likeness (QED) is 0.221. The highest BCUT2D eigenvalue weighted by Crippen LogP contribution is 2.29. The maximum absolute atomic E-state index is 14.4. The number of para-hydroxylation sites is 2. The number of anilines is 1. The minimum atomic E-state index is -0.699. The molecule has 2 fully saturated rings. The van der Waals surface area contributed by atoms with E-state index in [-0.39, 0.29) is 22.6 Å². The first kappa shape index (κ1) is 30.6. The van der Waals surface area contributed by atoms with Crippen molar-refractivity contribution < 1.29 is 18.4 Å². The standard InChI is InChI=1S/C36H35ClFN3O4/c37-27-13-11-24(12-14-27)20-28(39-36(44)33-22-32(42)29-7-5-8-30(38)35(29)45-33)21-25-15-18-40(19-16-25)31-9-2-1-6-26(31)23-41-17-4-3-10-34(41)43/h1-2,5-9,11-14,21-22,28H,3-4,10,15-20,23H2,(H,39,44)/t28-/m0/s1. The van der Waals surface area contributed by atoms with Gasteiger partial charge in [0.05, 0.1) is 11.4 Å². The van der Waals surface area contributed by atoms with Crippen molar-refractivity contribution in [2.45, 2.75) is 51.1 Å². The largest absolute Gasteiger partial charge is 0.448 e. The van der Waals surface area contributed by atoms with Gasteiger partial charge in [-0.2, -0.15) is 0 Å². The molecular formula is C36H35ClFN3O4. The number of likely N-dealkylation sites (tertiary alicyclic amines) is 1. The van der Waals surface area contributed by atoms with E-state index in [0.717, 1.165) is 68.2 Å². The molecule has 1 aromatic heterocycles. The van der Waals surface area contributed by atoms with Crippen LogP contribution in [0.5, 0.6) is 0 Å². The fourth-order valence-corrected chi connectivity index (χ4v) is 6.32. The lowest BCUT2D eigenvalue weighted by molar-refractivity contribution is -0.133. The van der Waals surface area contributed by atoms with Crippen LogP contribution in [0.25, 0.3) is 11.0 Å². The molecule has 2 saturated heterocycles. The van der Waals surface area contributed by atoms with Crippen molar-refractivity contribution in [3.63, 3.8) is 0 Å². The molecular weight excluding hydrogens is 593 g/mol. The summed E-state index contributed by atoms with van der Waals surface area (Å²) >= 11 is 6.10. The third-order valence-electron chi connectivity index (χ3n) is 8.57. The van der Waals surface area contributed by atoms with Crippen LogP contribution in [-0.4, -0.2) is 42.4 Å². The van der Waals surface area contributed by atoms with Crippen LogP contribution in [-0.2, 0) is 17.8 Å². The van der Waals surface area contributed by atoms with Gasteiger partial charge in [0.25, 0.3) is 5.91 Å². The van der Waals surface area contributed by atoms with Crippen molar-refractivity contribution in [3.05, 3.63) is 122 Å². The van der Waals surface area contributed by atoms with Crippen LogP contribution in [0.15, 0.2) is 93.7 Å². The van der Waals surface area contributed by atoms with Crippen LogP contribution in [0.4, 0.5) is 10.1 Å². The first-order valence-corrected chi connectivity index (χ1v) is 15.8. The summed E-state index contributed by atoms with van der Waals surface area (Å²) in [6.45, 7) is 3.03. The Balaban J connectivity index is 1.19. The zero-order valence-electron chi connectivity index (χ0n) is 24.9. The van der Waals surface area contributed by atoms with Crippen molar-refractivity contribution in [1.29, 1.82) is 0 Å². The van der Waals surface area contributed by atoms with Gasteiger partial charge in [-0.3, -0.25) is 14.4 Å². The second kappa shape index (κ2) is 13.7. The fourth-order valence-electron chi connectivity index (χ4n) is 6.19. The topological polar surface area (TPSA) is 82.9 Å². The van der Waals surface area contributed by atoms with E-state index >= 15 is 0 Å². The monoisotopic (exact) mass is 627 g/mol. The average Bonchev–Trinajstić information content (AvgIpc) is 3.04. The highest BCUT2D eigenvalue weighted by molar-refractivity contribution is 6.30. The number of benzene rings is 3. The summed E-state index contributed by atoms with van der Waals surface area (Å²) in [7, 11) is 0. The molecule has 1 N–H and O–H groups in total. The molecule has 9 heteroatoms. The van der Waals surface area contributed by atoms with Crippen LogP contribution in [0.1, 0.15) is 53.8 Å². The Morgan fingerprint density at radius 3 is 2.51 bits per heavy atom. The van der Waals surface area contributed by atoms with E-state index in [9.17, 15) is 18.8 Å². The van der Waals surface area contributed by atoms with E-state index in [1.54, 1.807) is 12.1 Å². The van der Waals surface area contributed by atoms with E-state index in [1.807, 2.05) is 29.2 Å². The highest BCUT2D eigenvalue weighted by atomic mass is 35.5. The summed E-state index contributed by atoms with van der Waals surface area (Å²) < 4.78 is 20.0. The lowest BCUT2D eigenvalue weighted by Crippen LogP contribution is -2.37. The molecule has 0 spiro atoms. The second-order valence-corrected chi connectivity index (χ2v) is 12.2. The number of amides is 2. The molecule has 2 aliphatic rings. The number of nitrogens with one attached hydrogen (secondary N) is 1. The second-order valence-electron chi connectivity index (χ2n) is 11.7. The Bertz CT molecular complexity index is 1790. The smallest absolute Gasteiger partial charge is 0.287 e. The van der Waals surface area contributed by atoms with E-state index < -0.39 is 23.2 Å². The van der Waals surface area contributed by atoms with Crippen LogP contribution < -0.4 is 15.6 Å². The summed E-state index contributed by atoms with van der Waals surface area (Å²) in [6.07, 6.45) is 6.82. The van der Waals surface area contributed by atoms with Gasteiger partial charge in [0.15, 0.2) is 22.6 Å². The molecule has 3 heterocycles. The zero-order valence-corrected chi connectivity index (χ0v) is 25.7. The Hall–Kier alpha value is -4.43. The SMILES string of the molecule is O=C(N[C@H](C=C1CCN(c2ccccc2CN2CCCCC2=O)CC1)Cc1ccc(Cl)cc1)c1cc(=O)c2cccc(F)c2o1. The van der Waals surface area contributed by atoms with Crippen molar-refractivity contribution in [2.75, 3.05) is 24.5 Å². The predicted molar refractivity (Wildman–Crippen MR) is 174 cm³/mol. The summed E-state index contributed by atoms with van der Waals surface area (Å²) in [5, 5.41) is 3.71. The molecule has 7 nitrogen and oxygen atoms in total. The van der Waals surface area contributed by atoms with Gasteiger partial charge in [0.1, 0.15) is 0 Å². The number of hydrogen-bond acceptors (Lipinski definition) is 5. The van der Waals surface area contributed by atoms with Crippen molar-refractivity contribution in [3.8, 4) is 0 Å². The lowest BCUT2D eigenvalue weighted by atomic mass is 9.97. The predicted octanol–water partition coefficient (Wildman–Crippen LogP) is 6.67. The summed E-state index contributed by atoms with van der Waals surface area (Å²) in [5.74, 6) is -1.31. The summed E-state index contributed by atoms with van der Waals surface area (Å²) in [6, 6.07) is 20.5. The maximum Gasteiger partial charge on any atom is 0.287 e. The van der Waals surface area contributed by atoms with E-state index in [4.69, 9.17) is 16.0 Å². The van der Waals surface area contributed by atoms with Crippen LogP contribution in [0.3, 0.4) is 0 Å². The molecule has 0 unspecified atom stereocenters. The minimum absolute atomic E-state index is 0.0854. The molecule has 45 heavy (non-hydrogen) atoms. The first-order chi connectivity index (χ1) is 21.8. The van der Waals surface area contributed by atoms with Gasteiger partial charge >= 0.3 is 0 Å². The molecule has 0 saturated carbocycles. The van der Waals surface area contributed by atoms with Crippen LogP contribution in [0.2, 0.25) is 5.02 Å². The lowest BCUT2D eigenvalue weighted by Gasteiger charge is -2.34. The van der Waals surface area contributed by atoms with Gasteiger partial charge in [-0.05, 0) is 73.6 Å². The Kier molecular flexibility index (Phi) is 9.31. The molecule has 0 aliphatic carbocycles. The van der Waals surface area contributed by atoms with E-state index in [2.05, 4.69) is 28.4 Å². The Morgan fingerprint density at radius 2 is 1.73 bits per heavy atom. The van der Waals surface area contributed by atoms with E-state index in [0.29, 0.717) is 24.4 Å². The van der Waals surface area contributed by atoms with Crippen LogP contribution >= 0.6 is 11.6 Å². The van der Waals surface area contributed by atoms with Gasteiger partial charge in [0.2, 0.25) is 5.91 Å². The molecule has 3 aromatic carbocycles. The van der Waals surface area contributed by atoms with E-state index in [1.165, 1.54) is 23.8 Å². The number of rotatable bonds is 8. The van der Waals surface area contributed by atoms with Gasteiger partial charge in [0, 0.05) is 49.4 Å². The van der Waals surface area contributed by atoms with Crippen LogP contribution in [0, 0.1) is 5.82 Å². The number of carbonyl (C=O) groups excluding carboxylic acids is 2. The fraction of sp³-hybridized carbons (Fsp3) is 0.306. The van der Waals surface area contributed by atoms with Crippen molar-refractivity contribution in [2.24, 2.45) is 0 Å². The number of halogens is 2. The summed E-state index contributed by atoms with van der Waals surface area (Å²) in [5.41, 5.74) is 3.78. The number of piperidine rings is 2. The third kappa shape index (κ3) is 7.28. The molecule has 6 rings (SSSR count). The molecule has 0 bridgehead atoms. The number of carbonyl (C=O) groups is 2. The molecule has 4 aromatic rings. The summed E-state index contributed by atoms with van der Waals surface area (Å²) in [4.78, 5) is 42.8. The number of fused-ring (bicyclic) bond motifs is 1. The number of nitrogens with zero attached hydrogens (tertiary/aromatic N) is 2. The highest BCUT2D eigenvalue weighted by Gasteiger charge is 2.23. The zero-order chi connectivity index (χ0) is 31.3. The minimum Gasteiger partial charge on any atom is -0.448 e. The molecule has 2 aliphatic heterocycles. The van der Waals surface area contributed by atoms with Gasteiger partial charge < -0.3 is 19.5 Å². The van der Waals surface area contributed by atoms with Crippen molar-refractivity contribution in [1.82, 2.24) is 10.2 Å². The normalized spacial score (nSPS) is 16.1. The maximum atomic E-state index is 14.4. The Morgan fingerprint density at radius 1 is 0.956 bits per heavy atom. The molecule has 2 amide bonds.